The van der Waals surface area contributed by atoms with Gasteiger partial charge in [-0.1, -0.05) is 6.07 Å². The van der Waals surface area contributed by atoms with E-state index in [1.807, 2.05) is 0 Å². The molecule has 1 fully saturated rings. The number of carbonyl (C=O) groups excluding carboxylic acids is 1. The minimum Gasteiger partial charge on any atom is -0.366 e. The smallest absolute Gasteiger partial charge is 0.254 e. The molecule has 1 unspecified atom stereocenters. The van der Waals surface area contributed by atoms with Gasteiger partial charge in [-0.05, 0) is 18.2 Å². The first-order valence-electron chi connectivity index (χ1n) is 6.15. The molecule has 1 aromatic carbocycles. The monoisotopic (exact) mass is 335 g/mol. The van der Waals surface area contributed by atoms with Crippen LogP contribution < -0.4 is 15.4 Å². The fourth-order valence-corrected chi connectivity index (χ4v) is 2.39. The summed E-state index contributed by atoms with van der Waals surface area (Å²) in [5.74, 6) is -0.256. The topological polar surface area (TPSA) is 96.5 Å². The number of hydrogen-bond donors (Lipinski definition) is 3. The van der Waals surface area contributed by atoms with Gasteiger partial charge in [0, 0.05) is 18.8 Å². The summed E-state index contributed by atoms with van der Waals surface area (Å²) < 4.78 is 30.0. The summed E-state index contributed by atoms with van der Waals surface area (Å²) in [5, 5.41) is 5.77. The van der Waals surface area contributed by atoms with Crippen molar-refractivity contribution in [1.29, 1.82) is 0 Å². The lowest BCUT2D eigenvalue weighted by atomic mass is 10.2. The molecule has 0 bridgehead atoms. The lowest BCUT2D eigenvalue weighted by molar-refractivity contribution is -0.128. The second-order valence-corrected chi connectivity index (χ2v) is 6.26. The highest BCUT2D eigenvalue weighted by Crippen LogP contribution is 2.16. The zero-order chi connectivity index (χ0) is 14.6. The Bertz CT molecular complexity index is 588. The summed E-state index contributed by atoms with van der Waals surface area (Å²) in [7, 11) is -3.34. The lowest BCUT2D eigenvalue weighted by Gasteiger charge is -2.22. The molecule has 9 heteroatoms. The number of anilines is 2. The number of morpholine rings is 1. The fraction of sp³-hybridized carbons (Fsp3) is 0.417. The molecule has 1 amide bonds. The van der Waals surface area contributed by atoms with Gasteiger partial charge in [0.15, 0.2) is 0 Å². The zero-order valence-electron chi connectivity index (χ0n) is 11.5. The van der Waals surface area contributed by atoms with E-state index in [0.717, 1.165) is 12.8 Å². The van der Waals surface area contributed by atoms with E-state index in [1.54, 1.807) is 24.3 Å². The van der Waals surface area contributed by atoms with Crippen molar-refractivity contribution in [3.63, 3.8) is 0 Å². The molecule has 0 radical (unpaired) electrons. The van der Waals surface area contributed by atoms with E-state index < -0.39 is 16.1 Å². The number of carbonyl (C=O) groups is 1. The van der Waals surface area contributed by atoms with Crippen molar-refractivity contribution in [2.75, 3.05) is 36.0 Å². The predicted octanol–water partition coefficient (Wildman–Crippen LogP) is 0.407. The van der Waals surface area contributed by atoms with Crippen molar-refractivity contribution in [2.45, 2.75) is 6.10 Å². The standard InChI is InChI=1S/C12H17N3O4S.ClH/c1-20(17,18)15-10-4-2-3-9(7-10)14-12(16)11-8-13-5-6-19-11;/h2-4,7,11,13,15H,5-6,8H2,1H3,(H,14,16);1H. The number of ether oxygens (including phenoxy) is 1. The second kappa shape index (κ2) is 7.60. The number of nitrogens with one attached hydrogen (secondary N) is 3. The van der Waals surface area contributed by atoms with E-state index in [-0.39, 0.29) is 18.3 Å². The van der Waals surface area contributed by atoms with Gasteiger partial charge in [0.25, 0.3) is 5.91 Å². The Labute approximate surface area is 129 Å². The molecular weight excluding hydrogens is 318 g/mol. The number of amides is 1. The molecule has 0 aliphatic carbocycles. The Balaban J connectivity index is 0.00000220. The van der Waals surface area contributed by atoms with Crippen LogP contribution in [0.25, 0.3) is 0 Å². The van der Waals surface area contributed by atoms with Crippen LogP contribution in [0.4, 0.5) is 11.4 Å². The van der Waals surface area contributed by atoms with Crippen LogP contribution in [0.3, 0.4) is 0 Å². The van der Waals surface area contributed by atoms with Crippen molar-refractivity contribution in [1.82, 2.24) is 5.32 Å². The maximum Gasteiger partial charge on any atom is 0.254 e. The predicted molar refractivity (Wildman–Crippen MR) is 83.4 cm³/mol. The van der Waals surface area contributed by atoms with Crippen LogP contribution in [0.5, 0.6) is 0 Å². The highest BCUT2D eigenvalue weighted by Gasteiger charge is 2.21. The molecule has 1 saturated heterocycles. The van der Waals surface area contributed by atoms with Crippen molar-refractivity contribution < 1.29 is 17.9 Å². The third-order valence-corrected chi connectivity index (χ3v) is 3.26. The highest BCUT2D eigenvalue weighted by molar-refractivity contribution is 7.92. The zero-order valence-corrected chi connectivity index (χ0v) is 13.1. The molecule has 1 aliphatic rings. The maximum atomic E-state index is 11.9. The quantitative estimate of drug-likeness (QED) is 0.740. The number of rotatable bonds is 4. The molecule has 118 valence electrons. The molecule has 1 aliphatic heterocycles. The van der Waals surface area contributed by atoms with Gasteiger partial charge >= 0.3 is 0 Å². The number of benzene rings is 1. The van der Waals surface area contributed by atoms with Gasteiger partial charge < -0.3 is 15.4 Å². The van der Waals surface area contributed by atoms with Gasteiger partial charge in [0.1, 0.15) is 6.10 Å². The second-order valence-electron chi connectivity index (χ2n) is 4.51. The summed E-state index contributed by atoms with van der Waals surface area (Å²) in [6, 6.07) is 6.50. The molecule has 21 heavy (non-hydrogen) atoms. The molecule has 0 spiro atoms. The van der Waals surface area contributed by atoms with Gasteiger partial charge in [-0.3, -0.25) is 9.52 Å². The summed E-state index contributed by atoms with van der Waals surface area (Å²) in [6.45, 7) is 1.69. The Kier molecular flexibility index (Phi) is 6.41. The average molecular weight is 336 g/mol. The average Bonchev–Trinajstić information content (AvgIpc) is 2.38. The van der Waals surface area contributed by atoms with Gasteiger partial charge in [-0.2, -0.15) is 0 Å². The summed E-state index contributed by atoms with van der Waals surface area (Å²) in [5.41, 5.74) is 0.908. The molecule has 1 atom stereocenters. The van der Waals surface area contributed by atoms with Gasteiger partial charge in [0.2, 0.25) is 10.0 Å². The molecule has 1 aromatic rings. The summed E-state index contributed by atoms with van der Waals surface area (Å²) in [4.78, 5) is 11.9. The van der Waals surface area contributed by atoms with Crippen LogP contribution in [0.1, 0.15) is 0 Å². The third-order valence-electron chi connectivity index (χ3n) is 2.65. The molecule has 7 nitrogen and oxygen atoms in total. The Morgan fingerprint density at radius 1 is 1.38 bits per heavy atom. The van der Waals surface area contributed by atoms with Crippen molar-refractivity contribution >= 4 is 39.7 Å². The largest absolute Gasteiger partial charge is 0.366 e. The Hall–Kier alpha value is -1.35. The molecular formula is C12H18ClN3O4S. The first kappa shape index (κ1) is 17.7. The van der Waals surface area contributed by atoms with Crippen LogP contribution in [0.15, 0.2) is 24.3 Å². The Morgan fingerprint density at radius 3 is 2.71 bits per heavy atom. The first-order chi connectivity index (χ1) is 9.44. The van der Waals surface area contributed by atoms with Crippen LogP contribution in [0, 0.1) is 0 Å². The molecule has 3 N–H and O–H groups in total. The fourth-order valence-electron chi connectivity index (χ4n) is 1.83. The molecule has 0 aromatic heterocycles. The van der Waals surface area contributed by atoms with E-state index in [1.165, 1.54) is 0 Å². The van der Waals surface area contributed by atoms with Crippen molar-refractivity contribution in [2.24, 2.45) is 0 Å². The normalized spacial score (nSPS) is 18.4. The third kappa shape index (κ3) is 5.88. The van der Waals surface area contributed by atoms with Crippen molar-refractivity contribution in [3.05, 3.63) is 24.3 Å². The van der Waals surface area contributed by atoms with Crippen molar-refractivity contribution in [3.8, 4) is 0 Å². The SMILES string of the molecule is CS(=O)(=O)Nc1cccc(NC(=O)C2CNCCO2)c1.Cl. The van der Waals surface area contributed by atoms with E-state index in [2.05, 4.69) is 15.4 Å². The van der Waals surface area contributed by atoms with E-state index >= 15 is 0 Å². The van der Waals surface area contributed by atoms with Gasteiger partial charge in [-0.15, -0.1) is 12.4 Å². The highest BCUT2D eigenvalue weighted by atomic mass is 35.5. The van der Waals surface area contributed by atoms with Crippen LogP contribution in [-0.4, -0.2) is 46.4 Å². The van der Waals surface area contributed by atoms with Gasteiger partial charge in [-0.25, -0.2) is 8.42 Å². The van der Waals surface area contributed by atoms with E-state index in [0.29, 0.717) is 24.5 Å². The number of hydrogen-bond acceptors (Lipinski definition) is 5. The first-order valence-corrected chi connectivity index (χ1v) is 8.04. The van der Waals surface area contributed by atoms with E-state index in [4.69, 9.17) is 4.74 Å². The molecule has 0 saturated carbocycles. The maximum absolute atomic E-state index is 11.9. The van der Waals surface area contributed by atoms with Crippen LogP contribution in [-0.2, 0) is 19.6 Å². The summed E-state index contributed by atoms with van der Waals surface area (Å²) in [6.07, 6.45) is 0.537. The van der Waals surface area contributed by atoms with E-state index in [9.17, 15) is 13.2 Å². The Morgan fingerprint density at radius 2 is 2.10 bits per heavy atom. The van der Waals surface area contributed by atoms with Gasteiger partial charge in [0.05, 0.1) is 18.6 Å². The molecule has 2 rings (SSSR count). The number of halogens is 1. The van der Waals surface area contributed by atoms with Crippen LogP contribution in [0.2, 0.25) is 0 Å². The minimum absolute atomic E-state index is 0. The lowest BCUT2D eigenvalue weighted by Crippen LogP contribution is -2.45. The minimum atomic E-state index is -3.34. The summed E-state index contributed by atoms with van der Waals surface area (Å²) >= 11 is 0. The molecule has 1 heterocycles. The number of sulfonamides is 1. The van der Waals surface area contributed by atoms with Crippen LogP contribution >= 0.6 is 12.4 Å².